The highest BCUT2D eigenvalue weighted by molar-refractivity contribution is 7.13. The molecule has 23 heavy (non-hydrogen) atoms. The number of aryl methyl sites for hydroxylation is 1. The molecule has 3 heterocycles. The molecule has 0 bridgehead atoms. The lowest BCUT2D eigenvalue weighted by molar-refractivity contribution is 0.154. The number of nitrogens with zero attached hydrogens (tertiary/aromatic N) is 2. The van der Waals surface area contributed by atoms with Crippen molar-refractivity contribution < 1.29 is 0 Å². The largest absolute Gasteiger partial charge is 0.314 e. The van der Waals surface area contributed by atoms with E-state index in [9.17, 15) is 0 Å². The minimum Gasteiger partial charge on any atom is -0.314 e. The lowest BCUT2D eigenvalue weighted by Crippen LogP contribution is -2.43. The Bertz CT molecular complexity index is 640. The van der Waals surface area contributed by atoms with E-state index in [-0.39, 0.29) is 12.4 Å². The molecule has 5 heteroatoms. The van der Waals surface area contributed by atoms with Gasteiger partial charge in [-0.05, 0) is 32.2 Å². The summed E-state index contributed by atoms with van der Waals surface area (Å²) in [4.78, 5) is 7.44. The van der Waals surface area contributed by atoms with Crippen molar-refractivity contribution in [3.05, 3.63) is 40.9 Å². The number of thiazole rings is 1. The van der Waals surface area contributed by atoms with Crippen LogP contribution in [0.2, 0.25) is 0 Å². The summed E-state index contributed by atoms with van der Waals surface area (Å²) >= 11 is 1.77. The van der Waals surface area contributed by atoms with Crippen LogP contribution in [0, 0.1) is 12.8 Å². The van der Waals surface area contributed by atoms with Gasteiger partial charge in [-0.25, -0.2) is 4.98 Å². The highest BCUT2D eigenvalue weighted by atomic mass is 35.5. The molecule has 0 aliphatic carbocycles. The van der Waals surface area contributed by atoms with E-state index in [1.165, 1.54) is 49.3 Å². The maximum absolute atomic E-state index is 4.85. The Hall–Kier alpha value is -0.940. The van der Waals surface area contributed by atoms with Crippen LogP contribution in [0.4, 0.5) is 0 Å². The quantitative estimate of drug-likeness (QED) is 0.915. The lowest BCUT2D eigenvalue weighted by Gasteiger charge is -2.34. The van der Waals surface area contributed by atoms with Gasteiger partial charge in [-0.3, -0.25) is 4.90 Å². The predicted molar refractivity (Wildman–Crippen MR) is 99.3 cm³/mol. The van der Waals surface area contributed by atoms with Crippen LogP contribution in [0.3, 0.4) is 0 Å². The maximum atomic E-state index is 4.85. The fourth-order valence-electron chi connectivity index (χ4n) is 3.70. The molecule has 0 saturated carbocycles. The summed E-state index contributed by atoms with van der Waals surface area (Å²) in [7, 11) is 0. The zero-order valence-electron chi connectivity index (χ0n) is 13.5. The molecule has 0 spiro atoms. The number of nitrogens with one attached hydrogen (secondary N) is 1. The number of likely N-dealkylation sites (tertiary alicyclic amines) is 1. The monoisotopic (exact) mass is 349 g/mol. The first-order valence-electron chi connectivity index (χ1n) is 8.25. The number of benzene rings is 1. The van der Waals surface area contributed by atoms with Crippen molar-refractivity contribution in [1.29, 1.82) is 0 Å². The molecule has 1 aromatic heterocycles. The van der Waals surface area contributed by atoms with Crippen LogP contribution in [0.25, 0.3) is 10.6 Å². The van der Waals surface area contributed by atoms with Crippen molar-refractivity contribution >= 4 is 23.7 Å². The third-order valence-electron chi connectivity index (χ3n) is 4.98. The summed E-state index contributed by atoms with van der Waals surface area (Å²) in [5.41, 5.74) is 3.76. The van der Waals surface area contributed by atoms with Crippen LogP contribution in [0.1, 0.15) is 24.1 Å². The van der Waals surface area contributed by atoms with E-state index < -0.39 is 0 Å². The number of piperidine rings is 1. The Balaban J connectivity index is 0.00000156. The molecule has 3 nitrogen and oxygen atoms in total. The van der Waals surface area contributed by atoms with Crippen LogP contribution in [-0.4, -0.2) is 35.6 Å². The van der Waals surface area contributed by atoms with Crippen molar-refractivity contribution in [3.8, 4) is 10.6 Å². The third kappa shape index (κ3) is 3.77. The lowest BCUT2D eigenvalue weighted by atomic mass is 9.93. The number of hydrogen-bond acceptors (Lipinski definition) is 4. The van der Waals surface area contributed by atoms with Crippen molar-refractivity contribution in [2.75, 3.05) is 19.6 Å². The van der Waals surface area contributed by atoms with Gasteiger partial charge in [0.25, 0.3) is 0 Å². The third-order valence-corrected chi connectivity index (χ3v) is 5.92. The van der Waals surface area contributed by atoms with Gasteiger partial charge >= 0.3 is 0 Å². The molecule has 2 fully saturated rings. The summed E-state index contributed by atoms with van der Waals surface area (Å²) in [6.45, 7) is 6.77. The van der Waals surface area contributed by atoms with E-state index in [4.69, 9.17) is 4.98 Å². The maximum Gasteiger partial charge on any atom is 0.123 e. The van der Waals surface area contributed by atoms with Crippen molar-refractivity contribution in [3.63, 3.8) is 0 Å². The number of aromatic nitrogens is 1. The number of fused-ring (bicyclic) bond motifs is 1. The molecular weight excluding hydrogens is 326 g/mol. The molecule has 1 aromatic carbocycles. The summed E-state index contributed by atoms with van der Waals surface area (Å²) in [6.07, 6.45) is 2.63. The van der Waals surface area contributed by atoms with Gasteiger partial charge in [0, 0.05) is 36.6 Å². The number of hydrogen-bond donors (Lipinski definition) is 1. The van der Waals surface area contributed by atoms with Gasteiger partial charge in [-0.2, -0.15) is 0 Å². The normalized spacial score (nSPS) is 24.2. The highest BCUT2D eigenvalue weighted by Crippen LogP contribution is 2.28. The molecule has 2 unspecified atom stereocenters. The Kier molecular flexibility index (Phi) is 5.37. The van der Waals surface area contributed by atoms with E-state index in [0.717, 1.165) is 23.5 Å². The highest BCUT2D eigenvalue weighted by Gasteiger charge is 2.32. The Labute approximate surface area is 148 Å². The zero-order valence-corrected chi connectivity index (χ0v) is 15.1. The van der Waals surface area contributed by atoms with E-state index in [2.05, 4.69) is 46.8 Å². The van der Waals surface area contributed by atoms with Gasteiger partial charge in [0.2, 0.25) is 0 Å². The summed E-state index contributed by atoms with van der Waals surface area (Å²) in [6, 6.07) is 9.44. The summed E-state index contributed by atoms with van der Waals surface area (Å²) in [5.74, 6) is 0.851. The van der Waals surface area contributed by atoms with Gasteiger partial charge < -0.3 is 5.32 Å². The van der Waals surface area contributed by atoms with Crippen LogP contribution >= 0.6 is 23.7 Å². The van der Waals surface area contributed by atoms with Gasteiger partial charge in [0.15, 0.2) is 0 Å². The standard InChI is InChI=1S/C18H23N3S.ClH/c1-13-2-4-14(5-3-13)18-20-16(12-22-18)11-21-9-7-17-15(10-21)6-8-19-17;/h2-5,12,15,17,19H,6-11H2,1H3;1H. The fourth-order valence-corrected chi connectivity index (χ4v) is 4.52. The SMILES string of the molecule is Cc1ccc(-c2nc(CN3CCC4NCCC4C3)cs2)cc1.Cl. The molecule has 2 atom stereocenters. The zero-order chi connectivity index (χ0) is 14.9. The van der Waals surface area contributed by atoms with Crippen LogP contribution in [0.15, 0.2) is 29.6 Å². The van der Waals surface area contributed by atoms with Crippen LogP contribution < -0.4 is 5.32 Å². The molecule has 0 amide bonds. The minimum absolute atomic E-state index is 0. The number of rotatable bonds is 3. The second-order valence-electron chi connectivity index (χ2n) is 6.64. The van der Waals surface area contributed by atoms with E-state index in [1.54, 1.807) is 11.3 Å². The molecule has 0 radical (unpaired) electrons. The average molecular weight is 350 g/mol. The topological polar surface area (TPSA) is 28.2 Å². The molecule has 1 N–H and O–H groups in total. The molecule has 2 aliphatic rings. The summed E-state index contributed by atoms with van der Waals surface area (Å²) < 4.78 is 0. The van der Waals surface area contributed by atoms with Gasteiger partial charge in [-0.15, -0.1) is 23.7 Å². The fraction of sp³-hybridized carbons (Fsp3) is 0.500. The van der Waals surface area contributed by atoms with Crippen molar-refractivity contribution in [2.24, 2.45) is 5.92 Å². The van der Waals surface area contributed by atoms with E-state index >= 15 is 0 Å². The predicted octanol–water partition coefficient (Wildman–Crippen LogP) is 3.72. The van der Waals surface area contributed by atoms with E-state index in [1.807, 2.05) is 0 Å². The van der Waals surface area contributed by atoms with Gasteiger partial charge in [0.05, 0.1) is 5.69 Å². The number of halogens is 1. The van der Waals surface area contributed by atoms with Crippen LogP contribution in [0.5, 0.6) is 0 Å². The van der Waals surface area contributed by atoms with Crippen LogP contribution in [-0.2, 0) is 6.54 Å². The average Bonchev–Trinajstić information content (AvgIpc) is 3.17. The Morgan fingerprint density at radius 3 is 2.91 bits per heavy atom. The first-order chi connectivity index (χ1) is 10.8. The smallest absolute Gasteiger partial charge is 0.123 e. The van der Waals surface area contributed by atoms with Gasteiger partial charge in [0.1, 0.15) is 5.01 Å². The molecule has 2 aromatic rings. The second kappa shape index (κ2) is 7.31. The Morgan fingerprint density at radius 1 is 1.26 bits per heavy atom. The molecule has 124 valence electrons. The first kappa shape index (κ1) is 16.9. The molecule has 2 aliphatic heterocycles. The van der Waals surface area contributed by atoms with Crippen molar-refractivity contribution in [1.82, 2.24) is 15.2 Å². The Morgan fingerprint density at radius 2 is 2.09 bits per heavy atom. The van der Waals surface area contributed by atoms with E-state index in [0.29, 0.717) is 0 Å². The second-order valence-corrected chi connectivity index (χ2v) is 7.50. The van der Waals surface area contributed by atoms with Crippen molar-refractivity contribution in [2.45, 2.75) is 32.4 Å². The molecule has 2 saturated heterocycles. The molecule has 4 rings (SSSR count). The minimum atomic E-state index is 0. The molecular formula is C18H24ClN3S. The summed E-state index contributed by atoms with van der Waals surface area (Å²) in [5, 5.41) is 7.01. The first-order valence-corrected chi connectivity index (χ1v) is 9.13. The van der Waals surface area contributed by atoms with Gasteiger partial charge in [-0.1, -0.05) is 29.8 Å².